The lowest BCUT2D eigenvalue weighted by molar-refractivity contribution is -0.118. The van der Waals surface area contributed by atoms with Crippen LogP contribution in [0, 0.1) is 5.82 Å². The van der Waals surface area contributed by atoms with Crippen molar-refractivity contribution >= 4 is 17.3 Å². The first-order valence-corrected chi connectivity index (χ1v) is 6.53. The van der Waals surface area contributed by atoms with Crippen LogP contribution in [0.15, 0.2) is 48.5 Å². The standard InChI is InChI=1S/C16H15FN2O/c1-19-15-5-3-2-4-13(15)14(10-16(19)20)18-12-8-6-11(17)7-9-12/h2-9,14,18H,10H2,1H3. The van der Waals surface area contributed by atoms with E-state index in [2.05, 4.69) is 5.32 Å². The highest BCUT2D eigenvalue weighted by Gasteiger charge is 2.28. The number of halogens is 1. The molecule has 2 aromatic rings. The predicted molar refractivity (Wildman–Crippen MR) is 77.2 cm³/mol. The monoisotopic (exact) mass is 270 g/mol. The molecule has 0 aliphatic carbocycles. The van der Waals surface area contributed by atoms with Gasteiger partial charge >= 0.3 is 0 Å². The Hall–Kier alpha value is -2.36. The molecule has 1 heterocycles. The van der Waals surface area contributed by atoms with E-state index >= 15 is 0 Å². The third-order valence-corrected chi connectivity index (χ3v) is 3.61. The highest BCUT2D eigenvalue weighted by Crippen LogP contribution is 2.35. The van der Waals surface area contributed by atoms with Crippen molar-refractivity contribution in [3.05, 3.63) is 59.9 Å². The van der Waals surface area contributed by atoms with Crippen LogP contribution in [0.3, 0.4) is 0 Å². The topological polar surface area (TPSA) is 32.3 Å². The summed E-state index contributed by atoms with van der Waals surface area (Å²) in [5.41, 5.74) is 2.81. The largest absolute Gasteiger partial charge is 0.378 e. The lowest BCUT2D eigenvalue weighted by Crippen LogP contribution is -2.35. The SMILES string of the molecule is CN1C(=O)CC(Nc2ccc(F)cc2)c2ccccc21. The van der Waals surface area contributed by atoms with Gasteiger partial charge in [0.2, 0.25) is 5.91 Å². The molecule has 20 heavy (non-hydrogen) atoms. The Bertz CT molecular complexity index is 639. The van der Waals surface area contributed by atoms with Crippen LogP contribution < -0.4 is 10.2 Å². The number of hydrogen-bond donors (Lipinski definition) is 1. The number of para-hydroxylation sites is 1. The van der Waals surface area contributed by atoms with E-state index in [1.807, 2.05) is 24.3 Å². The second-order valence-corrected chi connectivity index (χ2v) is 4.92. The average molecular weight is 270 g/mol. The average Bonchev–Trinajstić information content (AvgIpc) is 2.47. The molecule has 2 aromatic carbocycles. The molecule has 1 aliphatic rings. The smallest absolute Gasteiger partial charge is 0.229 e. The maximum Gasteiger partial charge on any atom is 0.229 e. The van der Waals surface area contributed by atoms with Crippen LogP contribution in [0.1, 0.15) is 18.0 Å². The van der Waals surface area contributed by atoms with E-state index in [0.29, 0.717) is 6.42 Å². The zero-order chi connectivity index (χ0) is 14.1. The Morgan fingerprint density at radius 1 is 1.15 bits per heavy atom. The van der Waals surface area contributed by atoms with Crippen LogP contribution in [0.5, 0.6) is 0 Å². The van der Waals surface area contributed by atoms with Crippen molar-refractivity contribution in [1.82, 2.24) is 0 Å². The van der Waals surface area contributed by atoms with Gasteiger partial charge in [-0.1, -0.05) is 18.2 Å². The first kappa shape index (κ1) is 12.7. The number of anilines is 2. The zero-order valence-electron chi connectivity index (χ0n) is 11.1. The number of nitrogens with zero attached hydrogens (tertiary/aromatic N) is 1. The summed E-state index contributed by atoms with van der Waals surface area (Å²) in [5, 5.41) is 3.30. The lowest BCUT2D eigenvalue weighted by Gasteiger charge is -2.32. The summed E-state index contributed by atoms with van der Waals surface area (Å²) in [6.07, 6.45) is 0.394. The van der Waals surface area contributed by atoms with Gasteiger partial charge in [0.1, 0.15) is 5.82 Å². The maximum atomic E-state index is 12.9. The Morgan fingerprint density at radius 3 is 2.60 bits per heavy atom. The first-order valence-electron chi connectivity index (χ1n) is 6.53. The van der Waals surface area contributed by atoms with Gasteiger partial charge in [-0.15, -0.1) is 0 Å². The molecule has 0 saturated heterocycles. The van der Waals surface area contributed by atoms with Gasteiger partial charge in [0.25, 0.3) is 0 Å². The second kappa shape index (κ2) is 4.96. The van der Waals surface area contributed by atoms with E-state index in [1.165, 1.54) is 12.1 Å². The molecule has 0 aromatic heterocycles. The minimum Gasteiger partial charge on any atom is -0.378 e. The molecule has 0 bridgehead atoms. The molecule has 0 radical (unpaired) electrons. The molecule has 1 N–H and O–H groups in total. The van der Waals surface area contributed by atoms with Gasteiger partial charge in [-0.2, -0.15) is 0 Å². The maximum absolute atomic E-state index is 12.9. The van der Waals surface area contributed by atoms with E-state index in [1.54, 1.807) is 24.1 Å². The van der Waals surface area contributed by atoms with E-state index < -0.39 is 0 Å². The van der Waals surface area contributed by atoms with Crippen molar-refractivity contribution in [3.63, 3.8) is 0 Å². The highest BCUT2D eigenvalue weighted by molar-refractivity contribution is 5.97. The van der Waals surface area contributed by atoms with Crippen LogP contribution in [0.2, 0.25) is 0 Å². The Morgan fingerprint density at radius 2 is 1.85 bits per heavy atom. The minimum absolute atomic E-state index is 0.0725. The Balaban J connectivity index is 1.92. The van der Waals surface area contributed by atoms with Crippen LogP contribution >= 0.6 is 0 Å². The summed E-state index contributed by atoms with van der Waals surface area (Å²) < 4.78 is 12.9. The molecule has 1 atom stereocenters. The number of hydrogen-bond acceptors (Lipinski definition) is 2. The van der Waals surface area contributed by atoms with E-state index in [4.69, 9.17) is 0 Å². The molecule has 3 rings (SSSR count). The second-order valence-electron chi connectivity index (χ2n) is 4.92. The zero-order valence-corrected chi connectivity index (χ0v) is 11.1. The number of amides is 1. The fourth-order valence-electron chi connectivity index (χ4n) is 2.52. The number of rotatable bonds is 2. The third kappa shape index (κ3) is 2.25. The molecule has 0 spiro atoms. The van der Waals surface area contributed by atoms with Crippen molar-refractivity contribution in [2.24, 2.45) is 0 Å². The fourth-order valence-corrected chi connectivity index (χ4v) is 2.52. The molecule has 1 unspecified atom stereocenters. The van der Waals surface area contributed by atoms with Crippen LogP contribution in [0.25, 0.3) is 0 Å². The minimum atomic E-state index is -0.268. The van der Waals surface area contributed by atoms with Gasteiger partial charge in [0, 0.05) is 18.4 Å². The molecule has 1 amide bonds. The lowest BCUT2D eigenvalue weighted by atomic mass is 9.96. The number of nitrogens with one attached hydrogen (secondary N) is 1. The molecule has 0 fully saturated rings. The Kier molecular flexibility index (Phi) is 3.14. The van der Waals surface area contributed by atoms with Crippen molar-refractivity contribution in [1.29, 1.82) is 0 Å². The molecular weight excluding hydrogens is 255 g/mol. The summed E-state index contributed by atoms with van der Waals surface area (Å²) in [7, 11) is 1.79. The van der Waals surface area contributed by atoms with Crippen molar-refractivity contribution in [2.45, 2.75) is 12.5 Å². The van der Waals surface area contributed by atoms with Gasteiger partial charge in [0.05, 0.1) is 12.5 Å². The van der Waals surface area contributed by atoms with Gasteiger partial charge in [-0.25, -0.2) is 4.39 Å². The summed E-state index contributed by atoms with van der Waals surface area (Å²) in [4.78, 5) is 13.7. The first-order chi connectivity index (χ1) is 9.65. The summed E-state index contributed by atoms with van der Waals surface area (Å²) in [5.74, 6) is -0.196. The van der Waals surface area contributed by atoms with Gasteiger partial charge in [-0.05, 0) is 35.9 Å². The summed E-state index contributed by atoms with van der Waals surface area (Å²) in [6, 6.07) is 13.9. The van der Waals surface area contributed by atoms with E-state index in [9.17, 15) is 9.18 Å². The summed E-state index contributed by atoms with van der Waals surface area (Å²) >= 11 is 0. The number of fused-ring (bicyclic) bond motifs is 1. The molecule has 102 valence electrons. The highest BCUT2D eigenvalue weighted by atomic mass is 19.1. The van der Waals surface area contributed by atoms with Crippen LogP contribution in [-0.2, 0) is 4.79 Å². The van der Waals surface area contributed by atoms with Crippen LogP contribution in [-0.4, -0.2) is 13.0 Å². The van der Waals surface area contributed by atoms with E-state index in [0.717, 1.165) is 16.9 Å². The van der Waals surface area contributed by atoms with Gasteiger partial charge < -0.3 is 10.2 Å². The molecule has 3 nitrogen and oxygen atoms in total. The van der Waals surface area contributed by atoms with Crippen molar-refractivity contribution < 1.29 is 9.18 Å². The molecule has 4 heteroatoms. The van der Waals surface area contributed by atoms with Crippen LogP contribution in [0.4, 0.5) is 15.8 Å². The number of carbonyl (C=O) groups is 1. The van der Waals surface area contributed by atoms with Gasteiger partial charge in [0.15, 0.2) is 0 Å². The van der Waals surface area contributed by atoms with Gasteiger partial charge in [-0.3, -0.25) is 4.79 Å². The van der Waals surface area contributed by atoms with E-state index in [-0.39, 0.29) is 17.8 Å². The fraction of sp³-hybridized carbons (Fsp3) is 0.188. The predicted octanol–water partition coefficient (Wildman–Crippen LogP) is 3.35. The quantitative estimate of drug-likeness (QED) is 0.907. The summed E-state index contributed by atoms with van der Waals surface area (Å²) in [6.45, 7) is 0. The van der Waals surface area contributed by atoms with Crippen molar-refractivity contribution in [3.8, 4) is 0 Å². The number of benzene rings is 2. The third-order valence-electron chi connectivity index (χ3n) is 3.61. The molecule has 1 aliphatic heterocycles. The molecule has 0 saturated carbocycles. The van der Waals surface area contributed by atoms with Crippen molar-refractivity contribution in [2.75, 3.05) is 17.3 Å². The molecular formula is C16H15FN2O. The number of carbonyl (C=O) groups excluding carboxylic acids is 1. The Labute approximate surface area is 117 Å². The normalized spacial score (nSPS) is 17.8.